The summed E-state index contributed by atoms with van der Waals surface area (Å²) >= 11 is 6.13. The monoisotopic (exact) mass is 378 g/mol. The van der Waals surface area contributed by atoms with Crippen molar-refractivity contribution in [1.29, 1.82) is 0 Å². The lowest BCUT2D eigenvalue weighted by molar-refractivity contribution is -0.192. The minimum atomic E-state index is -5.08. The zero-order valence-electron chi connectivity index (χ0n) is 13.5. The van der Waals surface area contributed by atoms with Gasteiger partial charge in [0, 0.05) is 29.6 Å². The molecule has 9 heteroatoms. The van der Waals surface area contributed by atoms with Crippen LogP contribution in [0, 0.1) is 0 Å². The number of amides is 1. The highest BCUT2D eigenvalue weighted by molar-refractivity contribution is 6.30. The zero-order valence-corrected chi connectivity index (χ0v) is 14.2. The van der Waals surface area contributed by atoms with E-state index in [9.17, 15) is 18.0 Å². The average Bonchev–Trinajstić information content (AvgIpc) is 2.82. The van der Waals surface area contributed by atoms with Gasteiger partial charge in [0.05, 0.1) is 0 Å². The van der Waals surface area contributed by atoms with Gasteiger partial charge in [0.15, 0.2) is 0 Å². The predicted molar refractivity (Wildman–Crippen MR) is 87.0 cm³/mol. The molecule has 1 spiro atoms. The number of alkyl halides is 3. The van der Waals surface area contributed by atoms with Crippen LogP contribution < -0.4 is 10.2 Å². The second-order valence-electron chi connectivity index (χ2n) is 6.10. The summed E-state index contributed by atoms with van der Waals surface area (Å²) in [5.74, 6) is -2.64. The number of fused-ring (bicyclic) bond motifs is 2. The molecule has 1 fully saturated rings. The van der Waals surface area contributed by atoms with E-state index in [2.05, 4.69) is 5.32 Å². The van der Waals surface area contributed by atoms with E-state index in [0.717, 1.165) is 43.2 Å². The quantitative estimate of drug-likeness (QED) is 0.728. The van der Waals surface area contributed by atoms with Crippen LogP contribution >= 0.6 is 11.6 Å². The van der Waals surface area contributed by atoms with Gasteiger partial charge < -0.3 is 15.3 Å². The molecule has 0 atom stereocenters. The Kier molecular flexibility index (Phi) is 5.63. The van der Waals surface area contributed by atoms with E-state index < -0.39 is 12.1 Å². The van der Waals surface area contributed by atoms with E-state index in [1.165, 1.54) is 5.56 Å². The lowest BCUT2D eigenvalue weighted by atomic mass is 9.75. The molecule has 1 amide bonds. The zero-order chi connectivity index (χ0) is 18.8. The molecular formula is C16H18ClF3N2O3. The van der Waals surface area contributed by atoms with Crippen LogP contribution in [0.4, 0.5) is 18.9 Å². The first-order valence-corrected chi connectivity index (χ1v) is 8.03. The first kappa shape index (κ1) is 19.5. The van der Waals surface area contributed by atoms with Crippen LogP contribution in [0.5, 0.6) is 0 Å². The number of halogens is 4. The number of piperidine rings is 1. The lowest BCUT2D eigenvalue weighted by Crippen LogP contribution is -2.43. The molecule has 2 aliphatic heterocycles. The Hall–Kier alpha value is -1.80. The Balaban J connectivity index is 0.000000277. The molecule has 0 radical (unpaired) electrons. The van der Waals surface area contributed by atoms with E-state index in [0.29, 0.717) is 0 Å². The van der Waals surface area contributed by atoms with Gasteiger partial charge in [-0.05, 0) is 49.7 Å². The number of carboxylic acid groups (broad SMARTS) is 1. The van der Waals surface area contributed by atoms with E-state index in [1.54, 1.807) is 6.92 Å². The maximum Gasteiger partial charge on any atom is 0.490 e. The maximum atomic E-state index is 11.8. The second-order valence-corrected chi connectivity index (χ2v) is 6.54. The molecule has 138 valence electrons. The number of hydrogen-bond donors (Lipinski definition) is 2. The van der Waals surface area contributed by atoms with Gasteiger partial charge in [0.25, 0.3) is 0 Å². The van der Waals surface area contributed by atoms with Gasteiger partial charge in [-0.1, -0.05) is 11.6 Å². The smallest absolute Gasteiger partial charge is 0.475 e. The molecule has 0 saturated carbocycles. The minimum Gasteiger partial charge on any atom is -0.475 e. The van der Waals surface area contributed by atoms with Gasteiger partial charge in [-0.3, -0.25) is 4.79 Å². The molecular weight excluding hydrogens is 361 g/mol. The third-order valence-electron chi connectivity index (χ3n) is 4.46. The summed E-state index contributed by atoms with van der Waals surface area (Å²) in [6, 6.07) is 5.90. The van der Waals surface area contributed by atoms with Crippen molar-refractivity contribution in [2.75, 3.05) is 24.5 Å². The fourth-order valence-electron chi connectivity index (χ4n) is 3.26. The summed E-state index contributed by atoms with van der Waals surface area (Å²) in [5, 5.41) is 11.3. The number of carbonyl (C=O) groups is 2. The fraction of sp³-hybridized carbons (Fsp3) is 0.500. The van der Waals surface area contributed by atoms with Crippen molar-refractivity contribution in [3.8, 4) is 0 Å². The van der Waals surface area contributed by atoms with E-state index in [1.807, 2.05) is 23.1 Å². The van der Waals surface area contributed by atoms with Crippen molar-refractivity contribution in [2.24, 2.45) is 0 Å². The lowest BCUT2D eigenvalue weighted by Gasteiger charge is -2.34. The van der Waals surface area contributed by atoms with Crippen molar-refractivity contribution in [1.82, 2.24) is 5.32 Å². The van der Waals surface area contributed by atoms with Crippen molar-refractivity contribution in [2.45, 2.75) is 31.4 Å². The first-order chi connectivity index (χ1) is 11.6. The SMILES string of the molecule is CC(=O)N1CC2(CCNCC2)c2cc(Cl)ccc21.O=C(O)C(F)(F)F. The van der Waals surface area contributed by atoms with Crippen LogP contribution in [0.2, 0.25) is 5.02 Å². The molecule has 0 unspecified atom stereocenters. The van der Waals surface area contributed by atoms with Crippen LogP contribution in [-0.4, -0.2) is 42.8 Å². The molecule has 2 aliphatic rings. The third-order valence-corrected chi connectivity index (χ3v) is 4.70. The van der Waals surface area contributed by atoms with Gasteiger partial charge in [0.1, 0.15) is 0 Å². The Bertz CT molecular complexity index is 673. The normalized spacial score (nSPS) is 18.4. The van der Waals surface area contributed by atoms with Gasteiger partial charge in [-0.15, -0.1) is 0 Å². The number of rotatable bonds is 0. The van der Waals surface area contributed by atoms with Gasteiger partial charge in [0.2, 0.25) is 5.91 Å². The van der Waals surface area contributed by atoms with Crippen molar-refractivity contribution in [3.05, 3.63) is 28.8 Å². The van der Waals surface area contributed by atoms with Crippen LogP contribution in [0.3, 0.4) is 0 Å². The molecule has 1 aromatic rings. The minimum absolute atomic E-state index is 0.108. The van der Waals surface area contributed by atoms with Crippen LogP contribution in [0.25, 0.3) is 0 Å². The highest BCUT2D eigenvalue weighted by atomic mass is 35.5. The molecule has 0 bridgehead atoms. The van der Waals surface area contributed by atoms with E-state index in [-0.39, 0.29) is 11.3 Å². The summed E-state index contributed by atoms with van der Waals surface area (Å²) in [4.78, 5) is 22.6. The molecule has 1 aromatic carbocycles. The van der Waals surface area contributed by atoms with E-state index in [4.69, 9.17) is 21.5 Å². The highest BCUT2D eigenvalue weighted by Gasteiger charge is 2.44. The number of aliphatic carboxylic acids is 1. The Morgan fingerprint density at radius 2 is 1.84 bits per heavy atom. The number of carbonyl (C=O) groups excluding carboxylic acids is 1. The highest BCUT2D eigenvalue weighted by Crippen LogP contribution is 2.46. The maximum absolute atomic E-state index is 11.8. The Labute approximate surface area is 147 Å². The van der Waals surface area contributed by atoms with E-state index >= 15 is 0 Å². The summed E-state index contributed by atoms with van der Waals surface area (Å²) in [5.41, 5.74) is 2.41. The van der Waals surface area contributed by atoms with Crippen molar-refractivity contribution >= 4 is 29.2 Å². The number of benzene rings is 1. The first-order valence-electron chi connectivity index (χ1n) is 7.66. The van der Waals surface area contributed by atoms with Gasteiger partial charge in [-0.2, -0.15) is 13.2 Å². The molecule has 0 aromatic heterocycles. The molecule has 1 saturated heterocycles. The number of nitrogens with zero attached hydrogens (tertiary/aromatic N) is 1. The summed E-state index contributed by atoms with van der Waals surface area (Å²) in [7, 11) is 0. The molecule has 25 heavy (non-hydrogen) atoms. The van der Waals surface area contributed by atoms with Crippen molar-refractivity contribution in [3.63, 3.8) is 0 Å². The fourth-order valence-corrected chi connectivity index (χ4v) is 3.43. The predicted octanol–water partition coefficient (Wildman–Crippen LogP) is 2.96. The number of anilines is 1. The summed E-state index contributed by atoms with van der Waals surface area (Å²) < 4.78 is 31.7. The molecule has 2 N–H and O–H groups in total. The Morgan fingerprint density at radius 1 is 1.28 bits per heavy atom. The topological polar surface area (TPSA) is 69.6 Å². The van der Waals surface area contributed by atoms with Crippen LogP contribution in [0.1, 0.15) is 25.3 Å². The standard InChI is InChI=1S/C14H17ClN2O.C2HF3O2/c1-10(18)17-9-14(4-6-16-7-5-14)12-8-11(15)2-3-13(12)17;3-2(4,5)1(6)7/h2-3,8,16H,4-7,9H2,1H3;(H,6,7). The van der Waals surface area contributed by atoms with Gasteiger partial charge >= 0.3 is 12.1 Å². The molecule has 2 heterocycles. The third kappa shape index (κ3) is 4.24. The van der Waals surface area contributed by atoms with Crippen LogP contribution in [0.15, 0.2) is 18.2 Å². The molecule has 5 nitrogen and oxygen atoms in total. The van der Waals surface area contributed by atoms with Crippen molar-refractivity contribution < 1.29 is 27.9 Å². The van der Waals surface area contributed by atoms with Gasteiger partial charge in [-0.25, -0.2) is 4.79 Å². The number of nitrogens with one attached hydrogen (secondary N) is 1. The molecule has 3 rings (SSSR count). The second kappa shape index (κ2) is 7.21. The number of hydrogen-bond acceptors (Lipinski definition) is 3. The Morgan fingerprint density at radius 3 is 2.32 bits per heavy atom. The number of carboxylic acids is 1. The summed E-state index contributed by atoms with van der Waals surface area (Å²) in [6.45, 7) is 4.47. The summed E-state index contributed by atoms with van der Waals surface area (Å²) in [6.07, 6.45) is -2.94. The van der Waals surface area contributed by atoms with Crippen LogP contribution in [-0.2, 0) is 15.0 Å². The molecule has 0 aliphatic carbocycles. The average molecular weight is 379 g/mol. The largest absolute Gasteiger partial charge is 0.490 e.